The van der Waals surface area contributed by atoms with Crippen molar-refractivity contribution in [3.8, 4) is 5.75 Å². The maximum Gasteiger partial charge on any atom is 0.387 e. The highest BCUT2D eigenvalue weighted by Gasteiger charge is 2.20. The van der Waals surface area contributed by atoms with Crippen LogP contribution in [-0.4, -0.2) is 32.3 Å². The third-order valence-electron chi connectivity index (χ3n) is 3.36. The van der Waals surface area contributed by atoms with Crippen molar-refractivity contribution in [1.29, 1.82) is 0 Å². The Labute approximate surface area is 134 Å². The Balaban J connectivity index is 1.68. The van der Waals surface area contributed by atoms with Gasteiger partial charge in [0.1, 0.15) is 5.75 Å². The van der Waals surface area contributed by atoms with Gasteiger partial charge in [0.2, 0.25) is 5.91 Å². The fourth-order valence-electron chi connectivity index (χ4n) is 1.97. The standard InChI is InChI=1S/C17H21F2NO3/c18-17(19)23-15-5-2-1-4-14(15)8-9-16(21)20-10-3-11-22-12-13-6-7-13/h1-2,4-5,8-9,13,17H,3,6-7,10-12H2,(H,20,21)/b9-8+. The molecule has 0 unspecified atom stereocenters. The van der Waals surface area contributed by atoms with Crippen molar-refractivity contribution in [2.75, 3.05) is 19.8 Å². The minimum Gasteiger partial charge on any atom is -0.434 e. The molecule has 0 saturated heterocycles. The molecule has 1 aliphatic rings. The summed E-state index contributed by atoms with van der Waals surface area (Å²) >= 11 is 0. The fourth-order valence-corrected chi connectivity index (χ4v) is 1.97. The number of benzene rings is 1. The van der Waals surface area contributed by atoms with Crippen LogP contribution < -0.4 is 10.1 Å². The van der Waals surface area contributed by atoms with Crippen molar-refractivity contribution in [2.45, 2.75) is 25.9 Å². The Morgan fingerprint density at radius 3 is 2.87 bits per heavy atom. The number of amides is 1. The van der Waals surface area contributed by atoms with E-state index in [2.05, 4.69) is 10.1 Å². The van der Waals surface area contributed by atoms with Crippen LogP contribution in [0.15, 0.2) is 30.3 Å². The van der Waals surface area contributed by atoms with Crippen LogP contribution in [-0.2, 0) is 9.53 Å². The predicted octanol–water partition coefficient (Wildman–Crippen LogP) is 3.23. The highest BCUT2D eigenvalue weighted by Crippen LogP contribution is 2.28. The third-order valence-corrected chi connectivity index (χ3v) is 3.36. The lowest BCUT2D eigenvalue weighted by Gasteiger charge is -2.07. The molecule has 1 fully saturated rings. The minimum atomic E-state index is -2.89. The predicted molar refractivity (Wildman–Crippen MR) is 83.3 cm³/mol. The van der Waals surface area contributed by atoms with Gasteiger partial charge in [0.25, 0.3) is 0 Å². The number of para-hydroxylation sites is 1. The normalized spacial score (nSPS) is 14.4. The Bertz CT molecular complexity index is 530. The molecular formula is C17H21F2NO3. The zero-order valence-electron chi connectivity index (χ0n) is 12.8. The van der Waals surface area contributed by atoms with Gasteiger partial charge in [0, 0.05) is 31.4 Å². The first kappa shape index (κ1) is 17.4. The van der Waals surface area contributed by atoms with E-state index in [-0.39, 0.29) is 11.7 Å². The van der Waals surface area contributed by atoms with E-state index in [0.29, 0.717) is 18.7 Å². The van der Waals surface area contributed by atoms with Crippen LogP contribution in [0.1, 0.15) is 24.8 Å². The summed E-state index contributed by atoms with van der Waals surface area (Å²) in [6.07, 6.45) is 6.03. The lowest BCUT2D eigenvalue weighted by molar-refractivity contribution is -0.116. The largest absolute Gasteiger partial charge is 0.434 e. The minimum absolute atomic E-state index is 0.0417. The van der Waals surface area contributed by atoms with Gasteiger partial charge in [-0.3, -0.25) is 4.79 Å². The van der Waals surface area contributed by atoms with Crippen molar-refractivity contribution < 1.29 is 23.0 Å². The molecule has 0 atom stereocenters. The van der Waals surface area contributed by atoms with Crippen LogP contribution >= 0.6 is 0 Å². The molecule has 1 aromatic carbocycles. The van der Waals surface area contributed by atoms with Gasteiger partial charge in [-0.1, -0.05) is 18.2 Å². The maximum atomic E-state index is 12.3. The molecule has 1 N–H and O–H groups in total. The van der Waals surface area contributed by atoms with Crippen LogP contribution in [0.25, 0.3) is 6.08 Å². The van der Waals surface area contributed by atoms with E-state index in [1.54, 1.807) is 18.2 Å². The number of nitrogens with one attached hydrogen (secondary N) is 1. The zero-order chi connectivity index (χ0) is 16.5. The first-order valence-electron chi connectivity index (χ1n) is 7.72. The first-order valence-corrected chi connectivity index (χ1v) is 7.72. The smallest absolute Gasteiger partial charge is 0.387 e. The molecule has 1 aliphatic carbocycles. The van der Waals surface area contributed by atoms with Crippen LogP contribution in [0.3, 0.4) is 0 Å². The van der Waals surface area contributed by atoms with Gasteiger partial charge in [0.15, 0.2) is 0 Å². The molecule has 0 aliphatic heterocycles. The van der Waals surface area contributed by atoms with Crippen molar-refractivity contribution >= 4 is 12.0 Å². The molecule has 0 bridgehead atoms. The molecule has 6 heteroatoms. The third kappa shape index (κ3) is 7.23. The summed E-state index contributed by atoms with van der Waals surface area (Å²) < 4.78 is 34.4. The summed E-state index contributed by atoms with van der Waals surface area (Å²) in [4.78, 5) is 11.7. The van der Waals surface area contributed by atoms with E-state index in [4.69, 9.17) is 4.74 Å². The number of hydrogen-bond donors (Lipinski definition) is 1. The second-order valence-corrected chi connectivity index (χ2v) is 5.41. The van der Waals surface area contributed by atoms with Crippen LogP contribution in [0.2, 0.25) is 0 Å². The maximum absolute atomic E-state index is 12.3. The zero-order valence-corrected chi connectivity index (χ0v) is 12.8. The number of hydrogen-bond acceptors (Lipinski definition) is 3. The van der Waals surface area contributed by atoms with Gasteiger partial charge in [0.05, 0.1) is 0 Å². The summed E-state index contributed by atoms with van der Waals surface area (Å²) in [5, 5.41) is 2.72. The molecule has 1 amide bonds. The van der Waals surface area contributed by atoms with E-state index < -0.39 is 6.61 Å². The van der Waals surface area contributed by atoms with E-state index in [1.165, 1.54) is 31.1 Å². The monoisotopic (exact) mass is 325 g/mol. The summed E-state index contributed by atoms with van der Waals surface area (Å²) in [5.74, 6) is 0.502. The lowest BCUT2D eigenvalue weighted by atomic mass is 10.2. The average molecular weight is 325 g/mol. The Kier molecular flexibility index (Phi) is 7.00. The highest BCUT2D eigenvalue weighted by molar-refractivity contribution is 5.92. The van der Waals surface area contributed by atoms with Gasteiger partial charge in [-0.05, 0) is 37.3 Å². The number of ether oxygens (including phenoxy) is 2. The Hall–Kier alpha value is -1.95. The molecule has 0 heterocycles. The topological polar surface area (TPSA) is 47.6 Å². The van der Waals surface area contributed by atoms with Crippen LogP contribution in [0.4, 0.5) is 8.78 Å². The molecule has 4 nitrogen and oxygen atoms in total. The number of carbonyl (C=O) groups excluding carboxylic acids is 1. The average Bonchev–Trinajstić information content (AvgIpc) is 3.33. The van der Waals surface area contributed by atoms with Gasteiger partial charge in [-0.25, -0.2) is 0 Å². The number of carbonyl (C=O) groups is 1. The summed E-state index contributed by atoms with van der Waals surface area (Å²) in [6, 6.07) is 6.32. The highest BCUT2D eigenvalue weighted by atomic mass is 19.3. The second kappa shape index (κ2) is 9.25. The lowest BCUT2D eigenvalue weighted by Crippen LogP contribution is -2.23. The fraction of sp³-hybridized carbons (Fsp3) is 0.471. The number of alkyl halides is 2. The number of halogens is 2. The molecular weight excluding hydrogens is 304 g/mol. The molecule has 1 saturated carbocycles. The first-order chi connectivity index (χ1) is 11.1. The van der Waals surface area contributed by atoms with Crippen molar-refractivity contribution in [2.24, 2.45) is 5.92 Å². The van der Waals surface area contributed by atoms with Gasteiger partial charge in [-0.2, -0.15) is 8.78 Å². The van der Waals surface area contributed by atoms with Gasteiger partial charge < -0.3 is 14.8 Å². The molecule has 0 spiro atoms. The van der Waals surface area contributed by atoms with Crippen molar-refractivity contribution in [3.63, 3.8) is 0 Å². The molecule has 23 heavy (non-hydrogen) atoms. The van der Waals surface area contributed by atoms with E-state index in [1.807, 2.05) is 0 Å². The van der Waals surface area contributed by atoms with Gasteiger partial charge >= 0.3 is 6.61 Å². The Morgan fingerprint density at radius 1 is 1.35 bits per heavy atom. The summed E-state index contributed by atoms with van der Waals surface area (Å²) in [7, 11) is 0. The quantitative estimate of drug-likeness (QED) is 0.531. The SMILES string of the molecule is O=C(/C=C/c1ccccc1OC(F)F)NCCCOCC1CC1. The Morgan fingerprint density at radius 2 is 2.13 bits per heavy atom. The molecule has 0 radical (unpaired) electrons. The van der Waals surface area contributed by atoms with Gasteiger partial charge in [-0.15, -0.1) is 0 Å². The van der Waals surface area contributed by atoms with E-state index in [0.717, 1.165) is 18.9 Å². The molecule has 2 rings (SSSR count). The van der Waals surface area contributed by atoms with E-state index >= 15 is 0 Å². The second-order valence-electron chi connectivity index (χ2n) is 5.41. The summed E-state index contributed by atoms with van der Waals surface area (Å²) in [6.45, 7) is -0.933. The number of rotatable bonds is 10. The molecule has 126 valence electrons. The molecule has 1 aromatic rings. The van der Waals surface area contributed by atoms with Crippen LogP contribution in [0.5, 0.6) is 5.75 Å². The van der Waals surface area contributed by atoms with Crippen LogP contribution in [0, 0.1) is 5.92 Å². The van der Waals surface area contributed by atoms with Crippen molar-refractivity contribution in [1.82, 2.24) is 5.32 Å². The van der Waals surface area contributed by atoms with Crippen molar-refractivity contribution in [3.05, 3.63) is 35.9 Å². The summed E-state index contributed by atoms with van der Waals surface area (Å²) in [5.41, 5.74) is 0.427. The molecule has 0 aromatic heterocycles. The van der Waals surface area contributed by atoms with E-state index in [9.17, 15) is 13.6 Å².